The van der Waals surface area contributed by atoms with E-state index >= 15 is 0 Å². The molecule has 3 aromatic rings. The molecular weight excluding hydrogens is 366 g/mol. The number of nitrogens with zero attached hydrogens (tertiary/aromatic N) is 4. The summed E-state index contributed by atoms with van der Waals surface area (Å²) in [5.41, 5.74) is 4.40. The maximum Gasteiger partial charge on any atom is 0.289 e. The minimum absolute atomic E-state index is 0.0723. The smallest absolute Gasteiger partial charge is 0.289 e. The first-order chi connectivity index (χ1) is 14.0. The van der Waals surface area contributed by atoms with Gasteiger partial charge in [0.2, 0.25) is 5.95 Å². The minimum Gasteiger partial charge on any atom is -0.459 e. The van der Waals surface area contributed by atoms with Gasteiger partial charge >= 0.3 is 0 Å². The Morgan fingerprint density at radius 3 is 2.48 bits per heavy atom. The van der Waals surface area contributed by atoms with E-state index in [1.54, 1.807) is 17.0 Å². The highest BCUT2D eigenvalue weighted by Gasteiger charge is 2.25. The molecule has 0 spiro atoms. The van der Waals surface area contributed by atoms with E-state index in [9.17, 15) is 4.79 Å². The standard InChI is InChI=1S/C22H25N5O2/c1-15-6-7-18(13-16(15)2)24-20-14-17(3)23-22(25-20)27-10-8-26(9-11-27)21(28)19-5-4-12-29-19/h4-7,12-14H,8-11H2,1-3H3,(H,23,24,25). The first-order valence-corrected chi connectivity index (χ1v) is 9.77. The lowest BCUT2D eigenvalue weighted by Gasteiger charge is -2.34. The summed E-state index contributed by atoms with van der Waals surface area (Å²) >= 11 is 0. The summed E-state index contributed by atoms with van der Waals surface area (Å²) in [6.07, 6.45) is 1.52. The molecule has 1 amide bonds. The van der Waals surface area contributed by atoms with Gasteiger partial charge in [-0.05, 0) is 56.2 Å². The highest BCUT2D eigenvalue weighted by molar-refractivity contribution is 5.91. The number of furan rings is 1. The minimum atomic E-state index is -0.0723. The molecule has 0 unspecified atom stereocenters. The van der Waals surface area contributed by atoms with Gasteiger partial charge in [-0.15, -0.1) is 0 Å². The van der Waals surface area contributed by atoms with Crippen molar-refractivity contribution in [2.45, 2.75) is 20.8 Å². The Morgan fingerprint density at radius 1 is 1.00 bits per heavy atom. The number of carbonyl (C=O) groups is 1. The van der Waals surface area contributed by atoms with Gasteiger partial charge < -0.3 is 19.5 Å². The maximum atomic E-state index is 12.4. The van der Waals surface area contributed by atoms with E-state index in [0.29, 0.717) is 37.9 Å². The molecular formula is C22H25N5O2. The molecule has 29 heavy (non-hydrogen) atoms. The highest BCUT2D eigenvalue weighted by Crippen LogP contribution is 2.21. The number of piperazine rings is 1. The maximum absolute atomic E-state index is 12.4. The third-order valence-corrected chi connectivity index (χ3v) is 5.20. The van der Waals surface area contributed by atoms with Gasteiger partial charge in [0.15, 0.2) is 5.76 Å². The van der Waals surface area contributed by atoms with Crippen molar-refractivity contribution in [3.8, 4) is 0 Å². The Bertz CT molecular complexity index is 1010. The summed E-state index contributed by atoms with van der Waals surface area (Å²) in [6, 6.07) is 11.6. The van der Waals surface area contributed by atoms with Crippen molar-refractivity contribution in [3.05, 3.63) is 65.2 Å². The third-order valence-electron chi connectivity index (χ3n) is 5.20. The van der Waals surface area contributed by atoms with Crippen molar-refractivity contribution >= 4 is 23.4 Å². The first-order valence-electron chi connectivity index (χ1n) is 9.77. The van der Waals surface area contributed by atoms with Gasteiger partial charge in [-0.1, -0.05) is 6.07 Å². The molecule has 1 saturated heterocycles. The Balaban J connectivity index is 1.45. The Hall–Kier alpha value is -3.35. The number of amides is 1. The van der Waals surface area contributed by atoms with Gasteiger partial charge in [0.1, 0.15) is 5.82 Å². The molecule has 4 rings (SSSR count). The lowest BCUT2D eigenvalue weighted by molar-refractivity contribution is 0.0714. The lowest BCUT2D eigenvalue weighted by Crippen LogP contribution is -2.49. The number of anilines is 3. The number of aromatic nitrogens is 2. The summed E-state index contributed by atoms with van der Waals surface area (Å²) in [7, 11) is 0. The topological polar surface area (TPSA) is 74.5 Å². The van der Waals surface area contributed by atoms with E-state index in [1.807, 2.05) is 13.0 Å². The van der Waals surface area contributed by atoms with Gasteiger partial charge in [-0.25, -0.2) is 4.98 Å². The van der Waals surface area contributed by atoms with Crippen LogP contribution in [0.25, 0.3) is 0 Å². The van der Waals surface area contributed by atoms with Crippen LogP contribution in [0, 0.1) is 20.8 Å². The molecule has 0 saturated carbocycles. The zero-order valence-electron chi connectivity index (χ0n) is 17.0. The van der Waals surface area contributed by atoms with E-state index in [2.05, 4.69) is 47.2 Å². The molecule has 0 aliphatic carbocycles. The zero-order chi connectivity index (χ0) is 20.4. The molecule has 0 bridgehead atoms. The quantitative estimate of drug-likeness (QED) is 0.731. The highest BCUT2D eigenvalue weighted by atomic mass is 16.3. The number of aryl methyl sites for hydroxylation is 3. The molecule has 1 aliphatic rings. The van der Waals surface area contributed by atoms with Gasteiger partial charge in [-0.3, -0.25) is 4.79 Å². The van der Waals surface area contributed by atoms with Crippen molar-refractivity contribution in [2.24, 2.45) is 0 Å². The molecule has 7 heteroatoms. The lowest BCUT2D eigenvalue weighted by atomic mass is 10.1. The van der Waals surface area contributed by atoms with Crippen LogP contribution >= 0.6 is 0 Å². The summed E-state index contributed by atoms with van der Waals surface area (Å²) in [5, 5.41) is 3.38. The van der Waals surface area contributed by atoms with Crippen LogP contribution in [0.4, 0.5) is 17.5 Å². The third kappa shape index (κ3) is 4.23. The monoisotopic (exact) mass is 391 g/mol. The predicted octanol–water partition coefficient (Wildman–Crippen LogP) is 3.70. The molecule has 7 nitrogen and oxygen atoms in total. The SMILES string of the molecule is Cc1cc(Nc2ccc(C)c(C)c2)nc(N2CCN(C(=O)c3ccco3)CC2)n1. The van der Waals surface area contributed by atoms with Crippen LogP contribution in [0.1, 0.15) is 27.4 Å². The molecule has 1 N–H and O–H groups in total. The molecule has 0 radical (unpaired) electrons. The van der Waals surface area contributed by atoms with Crippen LogP contribution in [-0.4, -0.2) is 47.0 Å². The van der Waals surface area contributed by atoms with E-state index in [0.717, 1.165) is 17.2 Å². The van der Waals surface area contributed by atoms with Crippen LogP contribution in [0.2, 0.25) is 0 Å². The van der Waals surface area contributed by atoms with Crippen molar-refractivity contribution in [3.63, 3.8) is 0 Å². The van der Waals surface area contributed by atoms with Crippen molar-refractivity contribution in [2.75, 3.05) is 36.4 Å². The van der Waals surface area contributed by atoms with Crippen molar-refractivity contribution < 1.29 is 9.21 Å². The molecule has 1 aliphatic heterocycles. The normalized spacial score (nSPS) is 14.2. The van der Waals surface area contributed by atoms with E-state index in [-0.39, 0.29) is 5.91 Å². The van der Waals surface area contributed by atoms with Crippen LogP contribution in [0.5, 0.6) is 0 Å². The number of carbonyl (C=O) groups excluding carboxylic acids is 1. The van der Waals surface area contributed by atoms with E-state index in [1.165, 1.54) is 17.4 Å². The Labute approximate surface area is 170 Å². The van der Waals surface area contributed by atoms with Crippen LogP contribution in [0.3, 0.4) is 0 Å². The number of hydrogen-bond donors (Lipinski definition) is 1. The fourth-order valence-electron chi connectivity index (χ4n) is 3.39. The van der Waals surface area contributed by atoms with Crippen molar-refractivity contribution in [1.82, 2.24) is 14.9 Å². The molecule has 1 aromatic carbocycles. The zero-order valence-corrected chi connectivity index (χ0v) is 17.0. The Kier molecular flexibility index (Phi) is 5.20. The average Bonchev–Trinajstić information content (AvgIpc) is 3.25. The number of benzene rings is 1. The molecule has 150 valence electrons. The largest absolute Gasteiger partial charge is 0.459 e. The van der Waals surface area contributed by atoms with Gasteiger partial charge in [-0.2, -0.15) is 4.98 Å². The Morgan fingerprint density at radius 2 is 1.79 bits per heavy atom. The van der Waals surface area contributed by atoms with Crippen LogP contribution < -0.4 is 10.2 Å². The predicted molar refractivity (Wildman–Crippen MR) is 113 cm³/mol. The molecule has 3 heterocycles. The average molecular weight is 391 g/mol. The molecule has 0 atom stereocenters. The fourth-order valence-corrected chi connectivity index (χ4v) is 3.39. The van der Waals surface area contributed by atoms with Gasteiger partial charge in [0.05, 0.1) is 6.26 Å². The number of nitrogens with one attached hydrogen (secondary N) is 1. The van der Waals surface area contributed by atoms with E-state index < -0.39 is 0 Å². The second kappa shape index (κ2) is 7.95. The van der Waals surface area contributed by atoms with Crippen LogP contribution in [-0.2, 0) is 0 Å². The summed E-state index contributed by atoms with van der Waals surface area (Å²) < 4.78 is 5.23. The summed E-state index contributed by atoms with van der Waals surface area (Å²) in [5.74, 6) is 1.76. The number of rotatable bonds is 4. The van der Waals surface area contributed by atoms with Gasteiger partial charge in [0, 0.05) is 43.6 Å². The van der Waals surface area contributed by atoms with Gasteiger partial charge in [0.25, 0.3) is 5.91 Å². The molecule has 2 aromatic heterocycles. The van der Waals surface area contributed by atoms with Crippen LogP contribution in [0.15, 0.2) is 47.1 Å². The first kappa shape index (κ1) is 19.0. The van der Waals surface area contributed by atoms with E-state index in [4.69, 9.17) is 9.40 Å². The fraction of sp³-hybridized carbons (Fsp3) is 0.318. The second-order valence-electron chi connectivity index (χ2n) is 7.38. The summed E-state index contributed by atoms with van der Waals surface area (Å²) in [4.78, 5) is 25.7. The van der Waals surface area contributed by atoms with Crippen molar-refractivity contribution in [1.29, 1.82) is 0 Å². The molecule has 1 fully saturated rings. The summed E-state index contributed by atoms with van der Waals surface area (Å²) in [6.45, 7) is 8.74. The number of hydrogen-bond acceptors (Lipinski definition) is 6. The second-order valence-corrected chi connectivity index (χ2v) is 7.38.